The van der Waals surface area contributed by atoms with Crippen molar-refractivity contribution in [1.82, 2.24) is 20.0 Å². The number of amides is 1. The van der Waals surface area contributed by atoms with E-state index in [-0.39, 0.29) is 5.91 Å². The third-order valence-corrected chi connectivity index (χ3v) is 5.28. The van der Waals surface area contributed by atoms with Crippen molar-refractivity contribution in [1.29, 1.82) is 0 Å². The first-order valence-electron chi connectivity index (χ1n) is 8.08. The molecule has 126 valence electrons. The second kappa shape index (κ2) is 7.68. The molecule has 6 nitrogen and oxygen atoms in total. The Hall–Kier alpha value is -1.76. The molecule has 0 bridgehead atoms. The first-order valence-corrected chi connectivity index (χ1v) is 8.90. The van der Waals surface area contributed by atoms with E-state index in [4.69, 9.17) is 0 Å². The summed E-state index contributed by atoms with van der Waals surface area (Å²) >= 11 is 1.48. The van der Waals surface area contributed by atoms with Crippen LogP contribution in [0.1, 0.15) is 61.0 Å². The Morgan fingerprint density at radius 3 is 2.52 bits per heavy atom. The van der Waals surface area contributed by atoms with E-state index in [0.29, 0.717) is 23.9 Å². The van der Waals surface area contributed by atoms with Crippen molar-refractivity contribution in [3.63, 3.8) is 0 Å². The van der Waals surface area contributed by atoms with Gasteiger partial charge in [-0.15, -0.1) is 10.2 Å². The molecule has 2 aromatic rings. The van der Waals surface area contributed by atoms with Gasteiger partial charge in [0.25, 0.3) is 0 Å². The van der Waals surface area contributed by atoms with Gasteiger partial charge in [0, 0.05) is 25.1 Å². The number of hydrogen-bond donors (Lipinski definition) is 1. The van der Waals surface area contributed by atoms with Crippen LogP contribution >= 0.6 is 11.3 Å². The fourth-order valence-corrected chi connectivity index (χ4v) is 3.71. The predicted molar refractivity (Wildman–Crippen MR) is 92.9 cm³/mol. The van der Waals surface area contributed by atoms with Crippen LogP contribution in [0.5, 0.6) is 0 Å². The predicted octanol–water partition coefficient (Wildman–Crippen LogP) is 3.36. The molecule has 0 aromatic carbocycles. The highest BCUT2D eigenvalue weighted by Crippen LogP contribution is 2.28. The van der Waals surface area contributed by atoms with E-state index in [0.717, 1.165) is 34.8 Å². The van der Waals surface area contributed by atoms with Crippen molar-refractivity contribution in [2.75, 3.05) is 5.32 Å². The first kappa shape index (κ1) is 17.6. The highest BCUT2D eigenvalue weighted by Gasteiger charge is 2.15. The van der Waals surface area contributed by atoms with Crippen molar-refractivity contribution < 1.29 is 4.79 Å². The van der Waals surface area contributed by atoms with Crippen molar-refractivity contribution in [2.45, 2.75) is 59.3 Å². The molecule has 0 aliphatic heterocycles. The summed E-state index contributed by atoms with van der Waals surface area (Å²) in [4.78, 5) is 12.1. The molecule has 2 aromatic heterocycles. The molecular formula is C16H25N5OS. The standard InChI is InChI=1S/C16H25N5OS/c1-6-12(7-2)15-18-19-16(23-15)17-14(22)9-8-13-10(3)20-21(5)11(13)4/h12H,6-9H2,1-5H3,(H,17,19,22). The number of rotatable bonds is 7. The summed E-state index contributed by atoms with van der Waals surface area (Å²) in [5, 5.41) is 17.1. The Bertz CT molecular complexity index is 672. The maximum Gasteiger partial charge on any atom is 0.226 e. The molecule has 0 unspecified atom stereocenters. The lowest BCUT2D eigenvalue weighted by Crippen LogP contribution is -2.12. The molecule has 0 radical (unpaired) electrons. The maximum absolute atomic E-state index is 12.1. The summed E-state index contributed by atoms with van der Waals surface area (Å²) < 4.78 is 1.86. The van der Waals surface area contributed by atoms with Gasteiger partial charge in [0.1, 0.15) is 5.01 Å². The Kier molecular flexibility index (Phi) is 5.87. The summed E-state index contributed by atoms with van der Waals surface area (Å²) in [6, 6.07) is 0. The van der Waals surface area contributed by atoms with Crippen LogP contribution in [0.2, 0.25) is 0 Å². The van der Waals surface area contributed by atoms with E-state index in [1.54, 1.807) is 0 Å². The number of aryl methyl sites for hydroxylation is 2. The van der Waals surface area contributed by atoms with E-state index >= 15 is 0 Å². The molecule has 1 amide bonds. The fraction of sp³-hybridized carbons (Fsp3) is 0.625. The second-order valence-electron chi connectivity index (χ2n) is 5.78. The SMILES string of the molecule is CCC(CC)c1nnc(NC(=O)CCc2c(C)nn(C)c2C)s1. The average molecular weight is 335 g/mol. The molecule has 23 heavy (non-hydrogen) atoms. The topological polar surface area (TPSA) is 72.7 Å². The normalized spacial score (nSPS) is 11.2. The van der Waals surface area contributed by atoms with Crippen LogP contribution in [0.25, 0.3) is 0 Å². The quantitative estimate of drug-likeness (QED) is 0.842. The van der Waals surface area contributed by atoms with Crippen LogP contribution in [0.3, 0.4) is 0 Å². The van der Waals surface area contributed by atoms with E-state index < -0.39 is 0 Å². The number of nitrogens with one attached hydrogen (secondary N) is 1. The van der Waals surface area contributed by atoms with Gasteiger partial charge >= 0.3 is 0 Å². The highest BCUT2D eigenvalue weighted by molar-refractivity contribution is 7.15. The van der Waals surface area contributed by atoms with Crippen LogP contribution in [0, 0.1) is 13.8 Å². The molecular weight excluding hydrogens is 310 g/mol. The molecule has 0 aliphatic carbocycles. The van der Waals surface area contributed by atoms with E-state index in [1.807, 2.05) is 25.6 Å². The van der Waals surface area contributed by atoms with Crippen LogP contribution < -0.4 is 5.32 Å². The Labute approximate surface area is 141 Å². The smallest absolute Gasteiger partial charge is 0.226 e. The molecule has 0 fully saturated rings. The molecule has 0 saturated heterocycles. The van der Waals surface area contributed by atoms with Gasteiger partial charge < -0.3 is 5.32 Å². The first-order chi connectivity index (χ1) is 11.0. The third-order valence-electron chi connectivity index (χ3n) is 4.28. The van der Waals surface area contributed by atoms with Crippen molar-refractivity contribution in [3.05, 3.63) is 22.0 Å². The minimum atomic E-state index is -0.0279. The van der Waals surface area contributed by atoms with Gasteiger partial charge in [0.15, 0.2) is 0 Å². The van der Waals surface area contributed by atoms with Gasteiger partial charge in [-0.2, -0.15) is 5.10 Å². The summed E-state index contributed by atoms with van der Waals surface area (Å²) in [6.07, 6.45) is 3.19. The Morgan fingerprint density at radius 1 is 1.26 bits per heavy atom. The molecule has 0 spiro atoms. The molecule has 2 heterocycles. The third kappa shape index (κ3) is 4.16. The zero-order valence-corrected chi connectivity index (χ0v) is 15.3. The minimum Gasteiger partial charge on any atom is -0.301 e. The van der Waals surface area contributed by atoms with Gasteiger partial charge in [-0.1, -0.05) is 25.2 Å². The van der Waals surface area contributed by atoms with Crippen LogP contribution in [0.4, 0.5) is 5.13 Å². The summed E-state index contributed by atoms with van der Waals surface area (Å²) in [5.74, 6) is 0.402. The molecule has 0 aliphatic rings. The number of hydrogen-bond acceptors (Lipinski definition) is 5. The zero-order valence-electron chi connectivity index (χ0n) is 14.5. The number of anilines is 1. The number of nitrogens with zero attached hydrogens (tertiary/aromatic N) is 4. The molecule has 0 saturated carbocycles. The molecule has 7 heteroatoms. The van der Waals surface area contributed by atoms with Crippen molar-refractivity contribution in [3.8, 4) is 0 Å². The van der Waals surface area contributed by atoms with E-state index in [9.17, 15) is 4.79 Å². The lowest BCUT2D eigenvalue weighted by atomic mass is 10.1. The summed E-state index contributed by atoms with van der Waals surface area (Å²) in [7, 11) is 1.92. The van der Waals surface area contributed by atoms with Crippen LogP contribution in [0.15, 0.2) is 0 Å². The number of aromatic nitrogens is 4. The highest BCUT2D eigenvalue weighted by atomic mass is 32.1. The van der Waals surface area contributed by atoms with Crippen LogP contribution in [-0.2, 0) is 18.3 Å². The van der Waals surface area contributed by atoms with Gasteiger partial charge in [0.2, 0.25) is 11.0 Å². The summed E-state index contributed by atoms with van der Waals surface area (Å²) in [6.45, 7) is 8.30. The fourth-order valence-electron chi connectivity index (χ4n) is 2.69. The minimum absolute atomic E-state index is 0.0279. The Balaban J connectivity index is 1.92. The van der Waals surface area contributed by atoms with E-state index in [1.165, 1.54) is 11.3 Å². The van der Waals surface area contributed by atoms with Crippen LogP contribution in [-0.4, -0.2) is 25.9 Å². The molecule has 2 rings (SSSR count). The zero-order chi connectivity index (χ0) is 17.0. The lowest BCUT2D eigenvalue weighted by molar-refractivity contribution is -0.116. The van der Waals surface area contributed by atoms with Gasteiger partial charge in [-0.05, 0) is 38.7 Å². The molecule has 0 atom stereocenters. The largest absolute Gasteiger partial charge is 0.301 e. The Morgan fingerprint density at radius 2 is 1.96 bits per heavy atom. The number of carbonyl (C=O) groups excluding carboxylic acids is 1. The summed E-state index contributed by atoms with van der Waals surface area (Å²) in [5.41, 5.74) is 3.25. The average Bonchev–Trinajstić information content (AvgIpc) is 3.05. The van der Waals surface area contributed by atoms with Gasteiger partial charge in [-0.25, -0.2) is 0 Å². The van der Waals surface area contributed by atoms with Gasteiger partial charge in [-0.3, -0.25) is 9.48 Å². The second-order valence-corrected chi connectivity index (χ2v) is 6.79. The lowest BCUT2D eigenvalue weighted by Gasteiger charge is -2.06. The van der Waals surface area contributed by atoms with Gasteiger partial charge in [0.05, 0.1) is 5.69 Å². The monoisotopic (exact) mass is 335 g/mol. The van der Waals surface area contributed by atoms with Crippen molar-refractivity contribution >= 4 is 22.4 Å². The number of carbonyl (C=O) groups is 1. The maximum atomic E-state index is 12.1. The molecule has 1 N–H and O–H groups in total. The van der Waals surface area contributed by atoms with E-state index in [2.05, 4.69) is 34.5 Å². The van der Waals surface area contributed by atoms with Crippen molar-refractivity contribution in [2.24, 2.45) is 7.05 Å².